The molecule has 21 heavy (non-hydrogen) atoms. The number of hydrogen-bond acceptors (Lipinski definition) is 3. The van der Waals surface area contributed by atoms with Crippen LogP contribution in [0.15, 0.2) is 34.8 Å². The van der Waals surface area contributed by atoms with Gasteiger partial charge in [0.1, 0.15) is 0 Å². The first-order valence-electron chi connectivity index (χ1n) is 6.69. The van der Waals surface area contributed by atoms with Crippen LogP contribution in [-0.2, 0) is 4.79 Å². The van der Waals surface area contributed by atoms with Gasteiger partial charge in [-0.05, 0) is 30.0 Å². The van der Waals surface area contributed by atoms with Gasteiger partial charge in [-0.15, -0.1) is 0 Å². The van der Waals surface area contributed by atoms with Crippen molar-refractivity contribution >= 4 is 44.4 Å². The first kappa shape index (κ1) is 13.9. The van der Waals surface area contributed by atoms with E-state index in [1.54, 1.807) is 24.3 Å². The van der Waals surface area contributed by atoms with Crippen LogP contribution in [0.2, 0.25) is 0 Å². The molecule has 0 atom stereocenters. The normalized spacial score (nSPS) is 13.9. The summed E-state index contributed by atoms with van der Waals surface area (Å²) in [6.07, 6.45) is 0.770. The molecular formula is C16H12BrNO3. The van der Waals surface area contributed by atoms with Gasteiger partial charge in [0.25, 0.3) is 11.8 Å². The largest absolute Gasteiger partial charge is 0.274 e. The van der Waals surface area contributed by atoms with Crippen LogP contribution < -0.4 is 0 Å². The fourth-order valence-electron chi connectivity index (χ4n) is 2.61. The Morgan fingerprint density at radius 1 is 1.10 bits per heavy atom. The molecule has 4 nitrogen and oxygen atoms in total. The minimum absolute atomic E-state index is 0.180. The zero-order valence-electron chi connectivity index (χ0n) is 11.4. The van der Waals surface area contributed by atoms with Gasteiger partial charge in [-0.2, -0.15) is 0 Å². The van der Waals surface area contributed by atoms with Crippen LogP contribution in [0.1, 0.15) is 40.5 Å². The molecule has 1 aliphatic rings. The fraction of sp³-hybridized carbons (Fsp3) is 0.188. The predicted octanol–water partition coefficient (Wildman–Crippen LogP) is 3.53. The number of amides is 3. The van der Waals surface area contributed by atoms with Crippen molar-refractivity contribution in [1.29, 1.82) is 0 Å². The van der Waals surface area contributed by atoms with Crippen LogP contribution >= 0.6 is 15.9 Å². The molecular weight excluding hydrogens is 334 g/mol. The van der Waals surface area contributed by atoms with Gasteiger partial charge in [0.15, 0.2) is 0 Å². The third-order valence-corrected chi connectivity index (χ3v) is 4.26. The molecule has 0 radical (unpaired) electrons. The minimum atomic E-state index is -0.533. The summed E-state index contributed by atoms with van der Waals surface area (Å²) in [4.78, 5) is 37.9. The Hall–Kier alpha value is -2.01. The lowest BCUT2D eigenvalue weighted by molar-refractivity contribution is -0.126. The monoisotopic (exact) mass is 345 g/mol. The third kappa shape index (κ3) is 2.00. The summed E-state index contributed by atoms with van der Waals surface area (Å²) in [6, 6.07) is 8.66. The first-order valence-corrected chi connectivity index (χ1v) is 7.48. The molecule has 3 amide bonds. The zero-order chi connectivity index (χ0) is 15.1. The third-order valence-electron chi connectivity index (χ3n) is 3.57. The molecule has 0 aliphatic carbocycles. The Morgan fingerprint density at radius 3 is 2.43 bits per heavy atom. The van der Waals surface area contributed by atoms with Gasteiger partial charge >= 0.3 is 0 Å². The van der Waals surface area contributed by atoms with Gasteiger partial charge in [0, 0.05) is 27.4 Å². The quantitative estimate of drug-likeness (QED) is 0.782. The second-order valence-corrected chi connectivity index (χ2v) is 5.77. The van der Waals surface area contributed by atoms with E-state index in [2.05, 4.69) is 15.9 Å². The number of rotatable bonds is 2. The molecule has 5 heteroatoms. The molecule has 0 aromatic heterocycles. The SMILES string of the molecule is CCCC(=O)N1C(=O)c2cccc3c(Br)ccc(c23)C1=O. The molecule has 3 rings (SSSR count). The minimum Gasteiger partial charge on any atom is -0.274 e. The van der Waals surface area contributed by atoms with Crippen molar-refractivity contribution in [3.63, 3.8) is 0 Å². The van der Waals surface area contributed by atoms with Crippen LogP contribution in [0.4, 0.5) is 0 Å². The average molecular weight is 346 g/mol. The molecule has 0 bridgehead atoms. The highest BCUT2D eigenvalue weighted by molar-refractivity contribution is 9.10. The van der Waals surface area contributed by atoms with Crippen LogP contribution in [0, 0.1) is 0 Å². The van der Waals surface area contributed by atoms with E-state index in [0.717, 1.165) is 14.8 Å². The number of benzene rings is 2. The van der Waals surface area contributed by atoms with Gasteiger partial charge in [-0.25, -0.2) is 4.90 Å². The van der Waals surface area contributed by atoms with Gasteiger partial charge in [-0.3, -0.25) is 14.4 Å². The maximum absolute atomic E-state index is 12.5. The van der Waals surface area contributed by atoms with Gasteiger partial charge in [0.05, 0.1) is 0 Å². The molecule has 0 N–H and O–H groups in total. The summed E-state index contributed by atoms with van der Waals surface area (Å²) in [6.45, 7) is 1.84. The van der Waals surface area contributed by atoms with E-state index in [-0.39, 0.29) is 6.42 Å². The van der Waals surface area contributed by atoms with Gasteiger partial charge in [-0.1, -0.05) is 35.0 Å². The van der Waals surface area contributed by atoms with Crippen LogP contribution in [0.3, 0.4) is 0 Å². The van der Waals surface area contributed by atoms with E-state index in [9.17, 15) is 14.4 Å². The van der Waals surface area contributed by atoms with Gasteiger partial charge in [0.2, 0.25) is 5.91 Å². The van der Waals surface area contributed by atoms with Crippen LogP contribution in [0.25, 0.3) is 10.8 Å². The van der Waals surface area contributed by atoms with E-state index in [0.29, 0.717) is 22.9 Å². The Bertz CT molecular complexity index is 775. The van der Waals surface area contributed by atoms with E-state index < -0.39 is 17.7 Å². The van der Waals surface area contributed by atoms with E-state index in [4.69, 9.17) is 0 Å². The Balaban J connectivity index is 2.27. The average Bonchev–Trinajstić information content (AvgIpc) is 2.46. The van der Waals surface area contributed by atoms with Crippen molar-refractivity contribution in [3.8, 4) is 0 Å². The molecule has 0 unspecified atom stereocenters. The standard InChI is InChI=1S/C16H12BrNO3/c1-2-4-13(19)18-15(20)10-6-3-5-9-12(17)8-7-11(14(9)10)16(18)21/h3,5-8H,2,4H2,1H3. The van der Waals surface area contributed by atoms with E-state index in [1.165, 1.54) is 0 Å². The second kappa shape index (κ2) is 5.07. The predicted molar refractivity (Wildman–Crippen MR) is 82.1 cm³/mol. The molecule has 2 aromatic carbocycles. The molecule has 1 aliphatic heterocycles. The maximum Gasteiger partial charge on any atom is 0.268 e. The first-order chi connectivity index (χ1) is 10.1. The number of imide groups is 3. The summed E-state index contributed by atoms with van der Waals surface area (Å²) in [5.41, 5.74) is 0.792. The number of hydrogen-bond donors (Lipinski definition) is 0. The van der Waals surface area contributed by atoms with E-state index >= 15 is 0 Å². The zero-order valence-corrected chi connectivity index (χ0v) is 12.9. The number of carbonyl (C=O) groups is 3. The van der Waals surface area contributed by atoms with Crippen molar-refractivity contribution in [2.24, 2.45) is 0 Å². The Morgan fingerprint density at radius 2 is 1.76 bits per heavy atom. The molecule has 1 heterocycles. The highest BCUT2D eigenvalue weighted by Gasteiger charge is 2.36. The number of nitrogens with zero attached hydrogens (tertiary/aromatic N) is 1. The molecule has 0 spiro atoms. The van der Waals surface area contributed by atoms with Crippen molar-refractivity contribution in [3.05, 3.63) is 45.9 Å². The Kier molecular flexibility index (Phi) is 3.37. The van der Waals surface area contributed by atoms with Crippen LogP contribution in [-0.4, -0.2) is 22.6 Å². The molecule has 0 saturated heterocycles. The smallest absolute Gasteiger partial charge is 0.268 e. The topological polar surface area (TPSA) is 54.5 Å². The molecule has 2 aromatic rings. The van der Waals surface area contributed by atoms with Gasteiger partial charge < -0.3 is 0 Å². The summed E-state index contributed by atoms with van der Waals surface area (Å²) < 4.78 is 0.817. The maximum atomic E-state index is 12.5. The van der Waals surface area contributed by atoms with Crippen molar-refractivity contribution in [2.45, 2.75) is 19.8 Å². The summed E-state index contributed by atoms with van der Waals surface area (Å²) in [5, 5.41) is 1.41. The van der Waals surface area contributed by atoms with Crippen molar-refractivity contribution in [1.82, 2.24) is 4.90 Å². The second-order valence-electron chi connectivity index (χ2n) is 4.91. The van der Waals surface area contributed by atoms with E-state index in [1.807, 2.05) is 13.0 Å². The summed E-state index contributed by atoms with van der Waals surface area (Å²) >= 11 is 3.42. The lowest BCUT2D eigenvalue weighted by Gasteiger charge is -2.25. The van der Waals surface area contributed by atoms with Crippen LogP contribution in [0.5, 0.6) is 0 Å². The summed E-state index contributed by atoms with van der Waals surface area (Å²) in [5.74, 6) is -1.51. The van der Waals surface area contributed by atoms with Crippen molar-refractivity contribution < 1.29 is 14.4 Å². The fourth-order valence-corrected chi connectivity index (χ4v) is 3.08. The summed E-state index contributed by atoms with van der Waals surface area (Å²) in [7, 11) is 0. The molecule has 0 saturated carbocycles. The lowest BCUT2D eigenvalue weighted by Crippen LogP contribution is -2.44. The highest BCUT2D eigenvalue weighted by Crippen LogP contribution is 2.34. The molecule has 106 valence electrons. The number of carbonyl (C=O) groups excluding carboxylic acids is 3. The Labute approximate surface area is 129 Å². The number of halogens is 1. The van der Waals surface area contributed by atoms with Crippen molar-refractivity contribution in [2.75, 3.05) is 0 Å². The lowest BCUT2D eigenvalue weighted by atomic mass is 9.94. The highest BCUT2D eigenvalue weighted by atomic mass is 79.9. The molecule has 0 fully saturated rings.